The first kappa shape index (κ1) is 24.5. The Kier molecular flexibility index (Phi) is 7.55. The van der Waals surface area contributed by atoms with Gasteiger partial charge in [0, 0.05) is 24.7 Å². The van der Waals surface area contributed by atoms with Crippen LogP contribution < -0.4 is 10.6 Å². The number of hydrogen-bond donors (Lipinski definition) is 3. The molecule has 1 atom stereocenters. The van der Waals surface area contributed by atoms with Crippen molar-refractivity contribution in [3.05, 3.63) is 17.5 Å². The lowest BCUT2D eigenvalue weighted by atomic mass is 9.93. The molecule has 174 valence electrons. The molecule has 1 fully saturated rings. The zero-order chi connectivity index (χ0) is 23.4. The van der Waals surface area contributed by atoms with Crippen LogP contribution >= 0.6 is 0 Å². The highest BCUT2D eigenvalue weighted by atomic mass is 19.4. The number of rotatable bonds is 5. The maximum atomic E-state index is 12.6. The fourth-order valence-corrected chi connectivity index (χ4v) is 3.16. The third-order valence-electron chi connectivity index (χ3n) is 4.63. The molecule has 0 aromatic carbocycles. The van der Waals surface area contributed by atoms with E-state index in [1.807, 2.05) is 0 Å². The van der Waals surface area contributed by atoms with Crippen molar-refractivity contribution in [2.75, 3.05) is 19.6 Å². The molecule has 0 aliphatic carbocycles. The van der Waals surface area contributed by atoms with Crippen LogP contribution in [0.2, 0.25) is 0 Å². The zero-order valence-electron chi connectivity index (χ0n) is 17.9. The number of piperidine rings is 1. The highest BCUT2D eigenvalue weighted by molar-refractivity contribution is 5.92. The summed E-state index contributed by atoms with van der Waals surface area (Å²) < 4.78 is 41.8. The second-order valence-electron chi connectivity index (χ2n) is 8.47. The van der Waals surface area contributed by atoms with Gasteiger partial charge < -0.3 is 20.3 Å². The van der Waals surface area contributed by atoms with Crippen LogP contribution in [0.15, 0.2) is 6.07 Å². The molecule has 2 heterocycles. The SMILES string of the molecule is CC(NC(=O)OC(C)(C)C)C(=O)N1CCC(c2cc(C(=O)NCC(F)(F)F)n[nH]2)CC1. The van der Waals surface area contributed by atoms with E-state index in [1.54, 1.807) is 37.9 Å². The number of alkyl halides is 3. The smallest absolute Gasteiger partial charge is 0.408 e. The number of ether oxygens (including phenoxy) is 1. The fourth-order valence-electron chi connectivity index (χ4n) is 3.16. The van der Waals surface area contributed by atoms with Gasteiger partial charge >= 0.3 is 12.3 Å². The van der Waals surface area contributed by atoms with Gasteiger partial charge in [0.1, 0.15) is 23.9 Å². The molecule has 3 N–H and O–H groups in total. The molecular weight excluding hydrogens is 419 g/mol. The normalized spacial score (nSPS) is 16.5. The molecule has 1 aromatic rings. The van der Waals surface area contributed by atoms with Crippen molar-refractivity contribution >= 4 is 17.9 Å². The Bertz CT molecular complexity index is 795. The predicted molar refractivity (Wildman–Crippen MR) is 104 cm³/mol. The van der Waals surface area contributed by atoms with Gasteiger partial charge in [0.05, 0.1) is 0 Å². The molecule has 0 radical (unpaired) electrons. The molecule has 1 aromatic heterocycles. The second-order valence-corrected chi connectivity index (χ2v) is 8.47. The van der Waals surface area contributed by atoms with Crippen LogP contribution in [0.1, 0.15) is 62.6 Å². The van der Waals surface area contributed by atoms with E-state index in [2.05, 4.69) is 15.5 Å². The summed E-state index contributed by atoms with van der Waals surface area (Å²) in [6, 6.07) is 0.683. The van der Waals surface area contributed by atoms with Gasteiger partial charge in [0.2, 0.25) is 5.91 Å². The van der Waals surface area contributed by atoms with Gasteiger partial charge in [-0.1, -0.05) is 0 Å². The number of carbonyl (C=O) groups excluding carboxylic acids is 3. The van der Waals surface area contributed by atoms with Gasteiger partial charge in [-0.2, -0.15) is 18.3 Å². The Morgan fingerprint density at radius 1 is 1.26 bits per heavy atom. The van der Waals surface area contributed by atoms with Crippen LogP contribution in [0.25, 0.3) is 0 Å². The summed E-state index contributed by atoms with van der Waals surface area (Å²) in [5.41, 5.74) is -0.158. The third-order valence-corrected chi connectivity index (χ3v) is 4.63. The number of amides is 3. The van der Waals surface area contributed by atoms with E-state index in [1.165, 1.54) is 6.07 Å². The Labute approximate surface area is 178 Å². The van der Waals surface area contributed by atoms with E-state index in [-0.39, 0.29) is 17.5 Å². The van der Waals surface area contributed by atoms with Crippen LogP contribution in [0.4, 0.5) is 18.0 Å². The van der Waals surface area contributed by atoms with Crippen molar-refractivity contribution in [3.63, 3.8) is 0 Å². The molecule has 12 heteroatoms. The molecule has 31 heavy (non-hydrogen) atoms. The molecule has 3 amide bonds. The number of aromatic nitrogens is 2. The summed E-state index contributed by atoms with van der Waals surface area (Å²) in [7, 11) is 0. The summed E-state index contributed by atoms with van der Waals surface area (Å²) in [5, 5.41) is 10.8. The van der Waals surface area contributed by atoms with Crippen molar-refractivity contribution < 1.29 is 32.3 Å². The summed E-state index contributed by atoms with van der Waals surface area (Å²) in [4.78, 5) is 37.8. The van der Waals surface area contributed by atoms with Gasteiger partial charge in [-0.25, -0.2) is 4.79 Å². The summed E-state index contributed by atoms with van der Waals surface area (Å²) in [6.07, 6.45) is -4.01. The van der Waals surface area contributed by atoms with E-state index >= 15 is 0 Å². The molecule has 1 saturated heterocycles. The number of aromatic amines is 1. The Morgan fingerprint density at radius 2 is 1.87 bits per heavy atom. The second kappa shape index (κ2) is 9.56. The third kappa shape index (κ3) is 7.76. The molecule has 0 saturated carbocycles. The first-order valence-corrected chi connectivity index (χ1v) is 9.94. The van der Waals surface area contributed by atoms with Crippen LogP contribution in [-0.4, -0.2) is 70.5 Å². The van der Waals surface area contributed by atoms with Gasteiger partial charge in [-0.05, 0) is 46.6 Å². The topological polar surface area (TPSA) is 116 Å². The summed E-state index contributed by atoms with van der Waals surface area (Å²) in [6.45, 7) is 6.19. The van der Waals surface area contributed by atoms with E-state index in [0.717, 1.165) is 0 Å². The number of carbonyl (C=O) groups is 3. The average Bonchev–Trinajstić information content (AvgIpc) is 3.13. The van der Waals surface area contributed by atoms with Crippen molar-refractivity contribution in [1.82, 2.24) is 25.7 Å². The van der Waals surface area contributed by atoms with Crippen molar-refractivity contribution in [2.45, 2.75) is 64.3 Å². The molecule has 9 nitrogen and oxygen atoms in total. The molecule has 1 aliphatic rings. The highest BCUT2D eigenvalue weighted by Gasteiger charge is 2.31. The number of nitrogens with one attached hydrogen (secondary N) is 3. The Balaban J connectivity index is 1.84. The minimum absolute atomic E-state index is 0.0187. The number of nitrogens with zero attached hydrogens (tertiary/aromatic N) is 2. The van der Waals surface area contributed by atoms with E-state index in [0.29, 0.717) is 31.6 Å². The Hall–Kier alpha value is -2.79. The van der Waals surface area contributed by atoms with Gasteiger partial charge in [0.15, 0.2) is 0 Å². The van der Waals surface area contributed by atoms with Crippen molar-refractivity contribution in [1.29, 1.82) is 0 Å². The van der Waals surface area contributed by atoms with E-state index in [4.69, 9.17) is 4.74 Å². The fraction of sp³-hybridized carbons (Fsp3) is 0.684. The van der Waals surface area contributed by atoms with Gasteiger partial charge in [-0.3, -0.25) is 14.7 Å². The monoisotopic (exact) mass is 447 g/mol. The number of likely N-dealkylation sites (tertiary alicyclic amines) is 1. The standard InChI is InChI=1S/C19H28F3N5O4/c1-11(24-17(30)31-18(2,3)4)16(29)27-7-5-12(6-8-27)13-9-14(26-25-13)15(28)23-10-19(20,21)22/h9,11-12H,5-8,10H2,1-4H3,(H,23,28)(H,24,30)(H,25,26). The van der Waals surface area contributed by atoms with Gasteiger partial charge in [-0.15, -0.1) is 0 Å². The van der Waals surface area contributed by atoms with Crippen LogP contribution in [0.5, 0.6) is 0 Å². The Morgan fingerprint density at radius 3 is 2.42 bits per heavy atom. The number of hydrogen-bond acceptors (Lipinski definition) is 5. The molecule has 0 spiro atoms. The zero-order valence-corrected chi connectivity index (χ0v) is 17.9. The molecule has 2 rings (SSSR count). The lowest BCUT2D eigenvalue weighted by molar-refractivity contribution is -0.134. The quantitative estimate of drug-likeness (QED) is 0.641. The minimum atomic E-state index is -4.50. The maximum absolute atomic E-state index is 12.6. The van der Waals surface area contributed by atoms with Crippen LogP contribution in [-0.2, 0) is 9.53 Å². The summed E-state index contributed by atoms with van der Waals surface area (Å²) >= 11 is 0. The molecule has 0 bridgehead atoms. The van der Waals surface area contributed by atoms with Crippen LogP contribution in [0, 0.1) is 0 Å². The maximum Gasteiger partial charge on any atom is 0.408 e. The van der Waals surface area contributed by atoms with Crippen molar-refractivity contribution in [3.8, 4) is 0 Å². The molecule has 1 aliphatic heterocycles. The van der Waals surface area contributed by atoms with Gasteiger partial charge in [0.25, 0.3) is 5.91 Å². The minimum Gasteiger partial charge on any atom is -0.444 e. The molecule has 1 unspecified atom stereocenters. The van der Waals surface area contributed by atoms with Crippen LogP contribution in [0.3, 0.4) is 0 Å². The van der Waals surface area contributed by atoms with E-state index < -0.39 is 36.4 Å². The number of H-pyrrole nitrogens is 1. The number of halogens is 3. The predicted octanol–water partition coefficient (Wildman–Crippen LogP) is 2.32. The van der Waals surface area contributed by atoms with E-state index in [9.17, 15) is 27.6 Å². The lowest BCUT2D eigenvalue weighted by Gasteiger charge is -2.33. The number of alkyl carbamates (subject to hydrolysis) is 1. The first-order valence-electron chi connectivity index (χ1n) is 9.94. The highest BCUT2D eigenvalue weighted by Crippen LogP contribution is 2.27. The average molecular weight is 447 g/mol. The summed E-state index contributed by atoms with van der Waals surface area (Å²) in [5.74, 6) is -1.16. The van der Waals surface area contributed by atoms with Crippen molar-refractivity contribution in [2.24, 2.45) is 0 Å². The first-order chi connectivity index (χ1) is 14.2. The molecular formula is C19H28F3N5O4. The largest absolute Gasteiger partial charge is 0.444 e. The lowest BCUT2D eigenvalue weighted by Crippen LogP contribution is -2.50.